The number of nitrogens with one attached hydrogen (secondary N) is 2. The molecule has 1 fully saturated rings. The molecular formula is C26H24ClF2N9O3. The van der Waals surface area contributed by atoms with E-state index in [-0.39, 0.29) is 51.8 Å². The Balaban J connectivity index is 1.53. The van der Waals surface area contributed by atoms with Gasteiger partial charge in [-0.1, -0.05) is 11.6 Å². The average molecular weight is 584 g/mol. The van der Waals surface area contributed by atoms with E-state index in [1.54, 1.807) is 25.1 Å². The second-order valence-electron chi connectivity index (χ2n) is 9.75. The molecule has 15 heteroatoms. The average Bonchev–Trinajstić information content (AvgIpc) is 3.41. The number of benzene rings is 1. The van der Waals surface area contributed by atoms with E-state index >= 15 is 0 Å². The van der Waals surface area contributed by atoms with Gasteiger partial charge in [0.2, 0.25) is 5.82 Å². The SMILES string of the molecule is CC(=O)c1cc(C)c(NC(=O)c2cc(Cn3nnc(C(C)(F)F)n3)nn2-c2ncccc2Cl)c(C(=O)NC2CC2)c1. The summed E-state index contributed by atoms with van der Waals surface area (Å²) in [6, 6.07) is 7.64. The number of Topliss-reactive ketones (excluding diaryl/α,β-unsaturated/α-hetero) is 1. The number of tetrazole rings is 1. The lowest BCUT2D eigenvalue weighted by Crippen LogP contribution is -2.28. The molecule has 1 aliphatic rings. The highest BCUT2D eigenvalue weighted by Crippen LogP contribution is 2.28. The Bertz CT molecular complexity index is 1670. The van der Waals surface area contributed by atoms with Gasteiger partial charge < -0.3 is 10.6 Å². The van der Waals surface area contributed by atoms with Crippen molar-refractivity contribution in [3.8, 4) is 5.82 Å². The van der Waals surface area contributed by atoms with Crippen molar-refractivity contribution in [2.24, 2.45) is 0 Å². The molecule has 0 spiro atoms. The van der Waals surface area contributed by atoms with Crippen LogP contribution in [0, 0.1) is 6.92 Å². The van der Waals surface area contributed by atoms with E-state index < -0.39 is 23.6 Å². The van der Waals surface area contributed by atoms with Crippen LogP contribution in [0.4, 0.5) is 14.5 Å². The Morgan fingerprint density at radius 2 is 1.90 bits per heavy atom. The minimum absolute atomic E-state index is 0.0228. The van der Waals surface area contributed by atoms with E-state index in [0.29, 0.717) is 18.1 Å². The maximum absolute atomic E-state index is 13.7. The van der Waals surface area contributed by atoms with Crippen LogP contribution in [-0.4, -0.2) is 58.6 Å². The summed E-state index contributed by atoms with van der Waals surface area (Å²) in [5.74, 6) is -5.24. The summed E-state index contributed by atoms with van der Waals surface area (Å²) in [5, 5.41) is 21.0. The summed E-state index contributed by atoms with van der Waals surface area (Å²) in [4.78, 5) is 44.0. The van der Waals surface area contributed by atoms with Gasteiger partial charge in [-0.05, 0) is 67.8 Å². The third-order valence-corrected chi connectivity index (χ3v) is 6.51. The molecule has 3 aromatic heterocycles. The first-order valence-electron chi connectivity index (χ1n) is 12.5. The number of anilines is 1. The molecule has 1 aromatic carbocycles. The molecule has 212 valence electrons. The van der Waals surface area contributed by atoms with Gasteiger partial charge in [0.1, 0.15) is 12.2 Å². The zero-order valence-corrected chi connectivity index (χ0v) is 22.9. The number of pyridine rings is 1. The van der Waals surface area contributed by atoms with Gasteiger partial charge in [0.05, 0.1) is 22.0 Å². The second kappa shape index (κ2) is 10.8. The molecule has 0 atom stereocenters. The molecule has 0 radical (unpaired) electrons. The maximum atomic E-state index is 13.7. The molecule has 1 saturated carbocycles. The number of nitrogens with zero attached hydrogens (tertiary/aromatic N) is 7. The quantitative estimate of drug-likeness (QED) is 0.283. The van der Waals surface area contributed by atoms with Gasteiger partial charge in [-0.15, -0.1) is 10.2 Å². The summed E-state index contributed by atoms with van der Waals surface area (Å²) in [6.45, 7) is 3.52. The monoisotopic (exact) mass is 583 g/mol. The van der Waals surface area contributed by atoms with Gasteiger partial charge >= 0.3 is 5.92 Å². The standard InChI is InChI=1S/C26H24ClF2N9O3/c1-13-9-15(14(2)39)10-18(23(40)31-16-6-7-16)21(13)32-24(41)20-11-17(12-37-35-25(33-36-37)26(3,28)29)34-38(20)22-19(27)5-4-8-30-22/h4-5,8-11,16H,6-7,12H2,1-3H3,(H,31,40)(H,32,41). The lowest BCUT2D eigenvalue weighted by atomic mass is 10.00. The molecule has 3 heterocycles. The summed E-state index contributed by atoms with van der Waals surface area (Å²) < 4.78 is 28.4. The van der Waals surface area contributed by atoms with E-state index in [9.17, 15) is 23.2 Å². The molecule has 2 amide bonds. The molecule has 1 aliphatic carbocycles. The Kier molecular flexibility index (Phi) is 7.34. The second-order valence-corrected chi connectivity index (χ2v) is 10.2. The number of carbonyl (C=O) groups excluding carboxylic acids is 3. The first kappa shape index (κ1) is 28.0. The topological polar surface area (TPSA) is 150 Å². The smallest absolute Gasteiger partial charge is 0.307 e. The molecule has 0 aliphatic heterocycles. The predicted octanol–water partition coefficient (Wildman–Crippen LogP) is 3.72. The van der Waals surface area contributed by atoms with Crippen LogP contribution >= 0.6 is 11.6 Å². The molecular weight excluding hydrogens is 560 g/mol. The van der Waals surface area contributed by atoms with Crippen LogP contribution in [-0.2, 0) is 12.5 Å². The highest BCUT2D eigenvalue weighted by atomic mass is 35.5. The molecule has 41 heavy (non-hydrogen) atoms. The van der Waals surface area contributed by atoms with Gasteiger partial charge in [0.15, 0.2) is 11.6 Å². The maximum Gasteiger partial charge on any atom is 0.307 e. The Labute approximate surface area is 237 Å². The van der Waals surface area contributed by atoms with Crippen molar-refractivity contribution in [2.75, 3.05) is 5.32 Å². The third-order valence-electron chi connectivity index (χ3n) is 6.22. The van der Waals surface area contributed by atoms with E-state index in [4.69, 9.17) is 11.6 Å². The number of hydrogen-bond acceptors (Lipinski definition) is 8. The number of aromatic nitrogens is 7. The lowest BCUT2D eigenvalue weighted by Gasteiger charge is -2.16. The summed E-state index contributed by atoms with van der Waals surface area (Å²) in [6.07, 6.45) is 3.16. The van der Waals surface area contributed by atoms with Crippen molar-refractivity contribution in [1.82, 2.24) is 40.3 Å². The van der Waals surface area contributed by atoms with Gasteiger partial charge in [-0.25, -0.2) is 9.67 Å². The van der Waals surface area contributed by atoms with E-state index in [0.717, 1.165) is 17.6 Å². The fourth-order valence-corrected chi connectivity index (χ4v) is 4.20. The van der Waals surface area contributed by atoms with Crippen molar-refractivity contribution in [2.45, 2.75) is 52.1 Å². The van der Waals surface area contributed by atoms with Crippen molar-refractivity contribution in [3.63, 3.8) is 0 Å². The van der Waals surface area contributed by atoms with Gasteiger partial charge in [-0.3, -0.25) is 14.4 Å². The third kappa shape index (κ3) is 6.11. The van der Waals surface area contributed by atoms with Crippen LogP contribution in [0.15, 0.2) is 36.5 Å². The Morgan fingerprint density at radius 3 is 2.54 bits per heavy atom. The van der Waals surface area contributed by atoms with Gasteiger partial charge in [-0.2, -0.15) is 18.7 Å². The molecule has 0 saturated heterocycles. The van der Waals surface area contributed by atoms with Gasteiger partial charge in [0, 0.05) is 24.7 Å². The first-order chi connectivity index (χ1) is 19.4. The minimum atomic E-state index is -3.29. The van der Waals surface area contributed by atoms with Crippen molar-refractivity contribution >= 4 is 34.9 Å². The highest BCUT2D eigenvalue weighted by molar-refractivity contribution is 6.32. The van der Waals surface area contributed by atoms with E-state index in [1.165, 1.54) is 29.9 Å². The zero-order valence-electron chi connectivity index (χ0n) is 22.2. The normalized spacial score (nSPS) is 13.2. The number of alkyl halides is 2. The number of halogens is 3. The number of hydrogen-bond donors (Lipinski definition) is 2. The van der Waals surface area contributed by atoms with Crippen LogP contribution < -0.4 is 10.6 Å². The van der Waals surface area contributed by atoms with Crippen LogP contribution in [0.3, 0.4) is 0 Å². The minimum Gasteiger partial charge on any atom is -0.349 e. The van der Waals surface area contributed by atoms with E-state index in [2.05, 4.69) is 36.1 Å². The lowest BCUT2D eigenvalue weighted by molar-refractivity contribution is 0.00737. The number of carbonyl (C=O) groups is 3. The Hall–Kier alpha value is -4.59. The highest BCUT2D eigenvalue weighted by Gasteiger charge is 2.31. The largest absolute Gasteiger partial charge is 0.349 e. The summed E-state index contributed by atoms with van der Waals surface area (Å²) >= 11 is 6.35. The van der Waals surface area contributed by atoms with Gasteiger partial charge in [0.25, 0.3) is 11.8 Å². The number of aryl methyl sites for hydroxylation is 1. The number of ketones is 1. The van der Waals surface area contributed by atoms with Crippen molar-refractivity contribution in [3.05, 3.63) is 75.5 Å². The van der Waals surface area contributed by atoms with Crippen molar-refractivity contribution < 1.29 is 23.2 Å². The Morgan fingerprint density at radius 1 is 1.15 bits per heavy atom. The number of rotatable bonds is 9. The molecule has 2 N–H and O–H groups in total. The van der Waals surface area contributed by atoms with Crippen molar-refractivity contribution in [1.29, 1.82) is 0 Å². The molecule has 5 rings (SSSR count). The van der Waals surface area contributed by atoms with Crippen LogP contribution in [0.2, 0.25) is 5.02 Å². The fraction of sp³-hybridized carbons (Fsp3) is 0.308. The zero-order chi connectivity index (χ0) is 29.5. The number of amides is 2. The summed E-state index contributed by atoms with van der Waals surface area (Å²) in [7, 11) is 0. The van der Waals surface area contributed by atoms with Crippen LogP contribution in [0.1, 0.15) is 75.0 Å². The molecule has 4 aromatic rings. The van der Waals surface area contributed by atoms with Crippen LogP contribution in [0.5, 0.6) is 0 Å². The fourth-order valence-electron chi connectivity index (χ4n) is 4.00. The molecule has 0 bridgehead atoms. The predicted molar refractivity (Wildman–Crippen MR) is 142 cm³/mol. The van der Waals surface area contributed by atoms with E-state index in [1.807, 2.05) is 0 Å². The first-order valence-corrected chi connectivity index (χ1v) is 12.9. The molecule has 0 unspecified atom stereocenters. The van der Waals surface area contributed by atoms with Crippen LogP contribution in [0.25, 0.3) is 5.82 Å². The molecule has 12 nitrogen and oxygen atoms in total. The summed E-state index contributed by atoms with van der Waals surface area (Å²) in [5.41, 5.74) is 1.37.